The number of ether oxygens (including phenoxy) is 4. The first-order chi connectivity index (χ1) is 10.7. The quantitative estimate of drug-likeness (QED) is 0.869. The van der Waals surface area contributed by atoms with Gasteiger partial charge < -0.3 is 24.3 Å². The molecule has 22 heavy (non-hydrogen) atoms. The average molecular weight is 309 g/mol. The molecule has 1 N–H and O–H groups in total. The number of benzene rings is 1. The Morgan fingerprint density at radius 3 is 2.41 bits per heavy atom. The van der Waals surface area contributed by atoms with Gasteiger partial charge in [-0.3, -0.25) is 4.79 Å². The van der Waals surface area contributed by atoms with E-state index in [1.807, 2.05) is 0 Å². The van der Waals surface area contributed by atoms with E-state index in [0.29, 0.717) is 41.9 Å². The number of hydrogen-bond acceptors (Lipinski definition) is 5. The smallest absolute Gasteiger partial charge is 0.251 e. The van der Waals surface area contributed by atoms with Crippen molar-refractivity contribution in [1.29, 1.82) is 0 Å². The number of rotatable bonds is 6. The molecule has 0 saturated carbocycles. The highest BCUT2D eigenvalue weighted by Crippen LogP contribution is 2.38. The van der Waals surface area contributed by atoms with Crippen LogP contribution in [0.1, 0.15) is 23.2 Å². The summed E-state index contributed by atoms with van der Waals surface area (Å²) in [5.74, 6) is 1.62. The van der Waals surface area contributed by atoms with E-state index >= 15 is 0 Å². The molecule has 1 aromatic rings. The Morgan fingerprint density at radius 1 is 1.23 bits per heavy atom. The summed E-state index contributed by atoms with van der Waals surface area (Å²) in [6.45, 7) is 2.13. The van der Waals surface area contributed by atoms with Crippen LogP contribution in [0.3, 0.4) is 0 Å². The van der Waals surface area contributed by atoms with Gasteiger partial charge in [0.15, 0.2) is 11.5 Å². The monoisotopic (exact) mass is 309 g/mol. The molecule has 1 amide bonds. The van der Waals surface area contributed by atoms with E-state index in [2.05, 4.69) is 5.32 Å². The van der Waals surface area contributed by atoms with Gasteiger partial charge in [0.25, 0.3) is 5.91 Å². The molecule has 0 radical (unpaired) electrons. The molecular weight excluding hydrogens is 286 g/mol. The van der Waals surface area contributed by atoms with Gasteiger partial charge in [0.1, 0.15) is 0 Å². The van der Waals surface area contributed by atoms with Crippen LogP contribution in [-0.2, 0) is 4.74 Å². The Bertz CT molecular complexity index is 486. The summed E-state index contributed by atoms with van der Waals surface area (Å²) < 4.78 is 21.2. The Balaban J connectivity index is 2.08. The fraction of sp³-hybridized carbons (Fsp3) is 0.562. The summed E-state index contributed by atoms with van der Waals surface area (Å²) in [6.07, 6.45) is 2.13. The molecule has 1 aliphatic heterocycles. The molecule has 1 aliphatic rings. The number of carbonyl (C=O) groups is 1. The van der Waals surface area contributed by atoms with Crippen LogP contribution in [-0.4, -0.2) is 47.0 Å². The van der Waals surface area contributed by atoms with Gasteiger partial charge in [0.2, 0.25) is 5.75 Å². The van der Waals surface area contributed by atoms with E-state index in [1.54, 1.807) is 12.1 Å². The second-order valence-corrected chi connectivity index (χ2v) is 5.21. The maximum Gasteiger partial charge on any atom is 0.251 e. The lowest BCUT2D eigenvalue weighted by Gasteiger charge is -2.22. The fourth-order valence-corrected chi connectivity index (χ4v) is 2.52. The third-order valence-electron chi connectivity index (χ3n) is 3.73. The minimum absolute atomic E-state index is 0.162. The molecule has 0 aromatic heterocycles. The second kappa shape index (κ2) is 7.89. The van der Waals surface area contributed by atoms with Crippen molar-refractivity contribution in [2.24, 2.45) is 5.92 Å². The van der Waals surface area contributed by atoms with Gasteiger partial charge in [0.05, 0.1) is 27.9 Å². The molecule has 1 atom stereocenters. The molecule has 6 heteroatoms. The normalized spacial score (nSPS) is 17.7. The lowest BCUT2D eigenvalue weighted by molar-refractivity contribution is 0.0536. The largest absolute Gasteiger partial charge is 0.493 e. The zero-order valence-electron chi connectivity index (χ0n) is 13.3. The van der Waals surface area contributed by atoms with Gasteiger partial charge in [-0.1, -0.05) is 0 Å². The molecule has 1 fully saturated rings. The van der Waals surface area contributed by atoms with Crippen molar-refractivity contribution in [3.05, 3.63) is 17.7 Å². The van der Waals surface area contributed by atoms with Crippen LogP contribution in [0, 0.1) is 5.92 Å². The molecule has 6 nitrogen and oxygen atoms in total. The highest BCUT2D eigenvalue weighted by atomic mass is 16.5. The SMILES string of the molecule is COc1cc(C(=O)NCC2CCCOC2)cc(OC)c1OC. The zero-order chi connectivity index (χ0) is 15.9. The summed E-state index contributed by atoms with van der Waals surface area (Å²) in [4.78, 5) is 12.3. The maximum atomic E-state index is 12.3. The molecule has 0 spiro atoms. The van der Waals surface area contributed by atoms with Crippen molar-refractivity contribution >= 4 is 5.91 Å². The standard InChI is InChI=1S/C16H23NO5/c1-19-13-7-12(8-14(20-2)15(13)21-3)16(18)17-9-11-5-4-6-22-10-11/h7-8,11H,4-6,9-10H2,1-3H3,(H,17,18). The molecule has 122 valence electrons. The predicted molar refractivity (Wildman–Crippen MR) is 82.0 cm³/mol. The summed E-state index contributed by atoms with van der Waals surface area (Å²) in [6, 6.07) is 3.29. The van der Waals surface area contributed by atoms with Crippen LogP contribution < -0.4 is 19.5 Å². The van der Waals surface area contributed by atoms with Gasteiger partial charge in [-0.2, -0.15) is 0 Å². The van der Waals surface area contributed by atoms with Crippen LogP contribution in [0.15, 0.2) is 12.1 Å². The molecule has 1 aromatic carbocycles. The third kappa shape index (κ3) is 3.82. The Kier molecular flexibility index (Phi) is 5.89. The maximum absolute atomic E-state index is 12.3. The lowest BCUT2D eigenvalue weighted by Crippen LogP contribution is -2.33. The van der Waals surface area contributed by atoms with Gasteiger partial charge in [0, 0.05) is 18.7 Å². The predicted octanol–water partition coefficient (Wildman–Crippen LogP) is 1.87. The third-order valence-corrected chi connectivity index (χ3v) is 3.73. The fourth-order valence-electron chi connectivity index (χ4n) is 2.52. The Morgan fingerprint density at radius 2 is 1.91 bits per heavy atom. The minimum Gasteiger partial charge on any atom is -0.493 e. The Labute approximate surface area is 130 Å². The molecule has 0 bridgehead atoms. The van der Waals surface area contributed by atoms with E-state index in [9.17, 15) is 4.79 Å². The summed E-state index contributed by atoms with van der Waals surface area (Å²) in [7, 11) is 4.58. The second-order valence-electron chi connectivity index (χ2n) is 5.21. The first kappa shape index (κ1) is 16.4. The number of methoxy groups -OCH3 is 3. The van der Waals surface area contributed by atoms with Crippen LogP contribution in [0.25, 0.3) is 0 Å². The summed E-state index contributed by atoms with van der Waals surface area (Å²) >= 11 is 0. The van der Waals surface area contributed by atoms with Crippen LogP contribution in [0.4, 0.5) is 0 Å². The topological polar surface area (TPSA) is 66.0 Å². The average Bonchev–Trinajstić information content (AvgIpc) is 2.59. The summed E-state index contributed by atoms with van der Waals surface area (Å²) in [5, 5.41) is 2.94. The van der Waals surface area contributed by atoms with E-state index in [-0.39, 0.29) is 5.91 Å². The van der Waals surface area contributed by atoms with Crippen LogP contribution >= 0.6 is 0 Å². The van der Waals surface area contributed by atoms with Crippen molar-refractivity contribution in [2.75, 3.05) is 41.1 Å². The molecule has 2 rings (SSSR count). The highest BCUT2D eigenvalue weighted by Gasteiger charge is 2.19. The van der Waals surface area contributed by atoms with Crippen molar-refractivity contribution in [3.63, 3.8) is 0 Å². The highest BCUT2D eigenvalue weighted by molar-refractivity contribution is 5.95. The van der Waals surface area contributed by atoms with E-state index in [4.69, 9.17) is 18.9 Å². The molecule has 1 heterocycles. The van der Waals surface area contributed by atoms with Crippen molar-refractivity contribution in [3.8, 4) is 17.2 Å². The van der Waals surface area contributed by atoms with Gasteiger partial charge >= 0.3 is 0 Å². The van der Waals surface area contributed by atoms with Crippen molar-refractivity contribution in [2.45, 2.75) is 12.8 Å². The number of nitrogens with one attached hydrogen (secondary N) is 1. The van der Waals surface area contributed by atoms with Gasteiger partial charge in [-0.05, 0) is 30.9 Å². The number of carbonyl (C=O) groups excluding carboxylic acids is 1. The zero-order valence-corrected chi connectivity index (χ0v) is 13.3. The number of hydrogen-bond donors (Lipinski definition) is 1. The first-order valence-electron chi connectivity index (χ1n) is 7.35. The lowest BCUT2D eigenvalue weighted by atomic mass is 10.0. The Hall–Kier alpha value is -1.95. The van der Waals surface area contributed by atoms with E-state index in [0.717, 1.165) is 19.4 Å². The van der Waals surface area contributed by atoms with Crippen molar-refractivity contribution < 1.29 is 23.7 Å². The summed E-state index contributed by atoms with van der Waals surface area (Å²) in [5.41, 5.74) is 0.478. The molecule has 0 aliphatic carbocycles. The number of amides is 1. The molecule has 1 saturated heterocycles. The molecular formula is C16H23NO5. The molecule has 1 unspecified atom stereocenters. The van der Waals surface area contributed by atoms with Crippen LogP contribution in [0.2, 0.25) is 0 Å². The van der Waals surface area contributed by atoms with E-state index < -0.39 is 0 Å². The van der Waals surface area contributed by atoms with Gasteiger partial charge in [-0.15, -0.1) is 0 Å². The van der Waals surface area contributed by atoms with Crippen molar-refractivity contribution in [1.82, 2.24) is 5.32 Å². The first-order valence-corrected chi connectivity index (χ1v) is 7.35. The van der Waals surface area contributed by atoms with Crippen LogP contribution in [0.5, 0.6) is 17.2 Å². The van der Waals surface area contributed by atoms with E-state index in [1.165, 1.54) is 21.3 Å². The van der Waals surface area contributed by atoms with Gasteiger partial charge in [-0.25, -0.2) is 0 Å². The minimum atomic E-state index is -0.162.